The van der Waals surface area contributed by atoms with E-state index in [2.05, 4.69) is 35.5 Å². The van der Waals surface area contributed by atoms with Gasteiger partial charge < -0.3 is 15.0 Å². The first-order chi connectivity index (χ1) is 11.3. The normalized spacial score (nSPS) is 19.2. The van der Waals surface area contributed by atoms with E-state index in [0.717, 1.165) is 39.0 Å². The lowest BCUT2D eigenvalue weighted by atomic mass is 10.0. The molecule has 24 heavy (non-hydrogen) atoms. The van der Waals surface area contributed by atoms with Crippen LogP contribution >= 0.6 is 0 Å². The summed E-state index contributed by atoms with van der Waals surface area (Å²) >= 11 is 0. The second-order valence-electron chi connectivity index (χ2n) is 8.04. The Morgan fingerprint density at radius 3 is 2.50 bits per heavy atom. The molecule has 0 saturated carbocycles. The largest absolute Gasteiger partial charge is 0.444 e. The molecule has 0 atom stereocenters. The molecular weight excluding hydrogens is 302 g/mol. The number of carbonyl (C=O) groups excluding carboxylic acids is 1. The minimum absolute atomic E-state index is 0.193. The van der Waals surface area contributed by atoms with Crippen LogP contribution in [-0.2, 0) is 17.8 Å². The number of rotatable bonds is 2. The van der Waals surface area contributed by atoms with Gasteiger partial charge in [-0.1, -0.05) is 6.07 Å². The lowest BCUT2D eigenvalue weighted by molar-refractivity contribution is 0.0210. The van der Waals surface area contributed by atoms with Crippen LogP contribution in [0.2, 0.25) is 0 Å². The number of nitrogens with zero attached hydrogens (tertiary/aromatic N) is 2. The van der Waals surface area contributed by atoms with Crippen LogP contribution in [0.3, 0.4) is 0 Å². The molecule has 132 valence electrons. The van der Waals surface area contributed by atoms with Crippen molar-refractivity contribution in [2.45, 2.75) is 58.3 Å². The van der Waals surface area contributed by atoms with Crippen molar-refractivity contribution in [3.05, 3.63) is 29.3 Å². The summed E-state index contributed by atoms with van der Waals surface area (Å²) in [5.41, 5.74) is 3.63. The third kappa shape index (κ3) is 4.20. The van der Waals surface area contributed by atoms with E-state index >= 15 is 0 Å². The summed E-state index contributed by atoms with van der Waals surface area (Å²) in [6, 6.07) is 7.11. The Kier molecular flexibility index (Phi) is 4.72. The first kappa shape index (κ1) is 17.1. The minimum Gasteiger partial charge on any atom is -0.444 e. The second-order valence-corrected chi connectivity index (χ2v) is 8.04. The maximum atomic E-state index is 12.1. The molecule has 5 heteroatoms. The molecule has 0 bridgehead atoms. The van der Waals surface area contributed by atoms with Crippen LogP contribution in [0.15, 0.2) is 18.2 Å². The molecule has 3 rings (SSSR count). The first-order valence-corrected chi connectivity index (χ1v) is 8.85. The molecular formula is C19H29N3O2. The van der Waals surface area contributed by atoms with E-state index < -0.39 is 5.60 Å². The van der Waals surface area contributed by atoms with Gasteiger partial charge in [-0.25, -0.2) is 4.79 Å². The average Bonchev–Trinajstić information content (AvgIpc) is 2.85. The molecule has 0 unspecified atom stereocenters. The van der Waals surface area contributed by atoms with E-state index in [4.69, 9.17) is 4.74 Å². The molecule has 5 nitrogen and oxygen atoms in total. The van der Waals surface area contributed by atoms with Crippen LogP contribution in [0.1, 0.15) is 44.7 Å². The summed E-state index contributed by atoms with van der Waals surface area (Å²) in [6.45, 7) is 9.30. The van der Waals surface area contributed by atoms with Gasteiger partial charge >= 0.3 is 6.09 Å². The molecule has 0 aromatic heterocycles. The molecule has 1 saturated heterocycles. The Morgan fingerprint density at radius 2 is 1.83 bits per heavy atom. The van der Waals surface area contributed by atoms with Crippen LogP contribution in [-0.4, -0.2) is 47.7 Å². The highest BCUT2D eigenvalue weighted by Crippen LogP contribution is 2.26. The molecule has 2 aliphatic rings. The smallest absolute Gasteiger partial charge is 0.410 e. The van der Waals surface area contributed by atoms with Crippen molar-refractivity contribution in [3.8, 4) is 0 Å². The molecule has 0 aliphatic carbocycles. The third-order valence-electron chi connectivity index (χ3n) is 4.60. The van der Waals surface area contributed by atoms with Crippen molar-refractivity contribution in [1.82, 2.24) is 9.80 Å². The number of carbonyl (C=O) groups is 1. The van der Waals surface area contributed by atoms with Gasteiger partial charge in [0.15, 0.2) is 0 Å². The number of fused-ring (bicyclic) bond motifs is 1. The summed E-state index contributed by atoms with van der Waals surface area (Å²) in [5, 5.41) is 3.64. The molecule has 2 heterocycles. The molecule has 0 spiro atoms. The number of hydrogen-bond donors (Lipinski definition) is 1. The zero-order chi connectivity index (χ0) is 17.3. The van der Waals surface area contributed by atoms with E-state index in [1.54, 1.807) is 0 Å². The van der Waals surface area contributed by atoms with Crippen molar-refractivity contribution in [2.24, 2.45) is 0 Å². The summed E-state index contributed by atoms with van der Waals surface area (Å²) in [7, 11) is 2.15. The fourth-order valence-electron chi connectivity index (χ4n) is 3.42. The summed E-state index contributed by atoms with van der Waals surface area (Å²) in [5.74, 6) is 0. The number of anilines is 1. The number of benzene rings is 1. The Bertz CT molecular complexity index is 601. The fraction of sp³-hybridized carbons (Fsp3) is 0.632. The zero-order valence-electron chi connectivity index (χ0n) is 15.3. The van der Waals surface area contributed by atoms with Gasteiger partial charge in [0.1, 0.15) is 5.60 Å². The minimum atomic E-state index is -0.427. The van der Waals surface area contributed by atoms with Crippen LogP contribution < -0.4 is 5.32 Å². The van der Waals surface area contributed by atoms with Crippen LogP contribution in [0.5, 0.6) is 0 Å². The zero-order valence-corrected chi connectivity index (χ0v) is 15.3. The molecule has 1 fully saturated rings. The van der Waals surface area contributed by atoms with Crippen LogP contribution in [0.25, 0.3) is 0 Å². The van der Waals surface area contributed by atoms with E-state index in [1.165, 1.54) is 16.8 Å². The van der Waals surface area contributed by atoms with E-state index in [1.807, 2.05) is 25.7 Å². The Labute approximate surface area is 145 Å². The second kappa shape index (κ2) is 6.63. The molecule has 1 aromatic rings. The maximum Gasteiger partial charge on any atom is 0.410 e. The van der Waals surface area contributed by atoms with Gasteiger partial charge in [0.2, 0.25) is 0 Å². The highest BCUT2D eigenvalue weighted by molar-refractivity contribution is 5.68. The van der Waals surface area contributed by atoms with Crippen LogP contribution in [0.4, 0.5) is 10.5 Å². The SMILES string of the molecule is CN1Cc2ccc(NC3CCN(C(=O)OC(C)(C)C)CC3)cc2C1. The fourth-order valence-corrected chi connectivity index (χ4v) is 3.42. The van der Waals surface area contributed by atoms with E-state index in [9.17, 15) is 4.79 Å². The highest BCUT2D eigenvalue weighted by atomic mass is 16.6. The Hall–Kier alpha value is -1.75. The van der Waals surface area contributed by atoms with Crippen molar-refractivity contribution in [2.75, 3.05) is 25.5 Å². The van der Waals surface area contributed by atoms with Crippen molar-refractivity contribution in [3.63, 3.8) is 0 Å². The summed E-state index contributed by atoms with van der Waals surface area (Å²) < 4.78 is 5.45. The Balaban J connectivity index is 1.51. The number of piperidine rings is 1. The van der Waals surface area contributed by atoms with Crippen molar-refractivity contribution >= 4 is 11.8 Å². The topological polar surface area (TPSA) is 44.8 Å². The van der Waals surface area contributed by atoms with Gasteiger partial charge in [-0.2, -0.15) is 0 Å². The van der Waals surface area contributed by atoms with Gasteiger partial charge in [0.25, 0.3) is 0 Å². The van der Waals surface area contributed by atoms with E-state index in [-0.39, 0.29) is 6.09 Å². The number of ether oxygens (including phenoxy) is 1. The number of nitrogens with one attached hydrogen (secondary N) is 1. The maximum absolute atomic E-state index is 12.1. The standard InChI is InChI=1S/C19H29N3O2/c1-19(2,3)24-18(23)22-9-7-16(8-10-22)20-17-6-5-14-12-21(4)13-15(14)11-17/h5-6,11,16,20H,7-10,12-13H2,1-4H3. The van der Waals surface area contributed by atoms with Gasteiger partial charge in [0, 0.05) is 37.9 Å². The van der Waals surface area contributed by atoms with Gasteiger partial charge in [-0.15, -0.1) is 0 Å². The van der Waals surface area contributed by atoms with Gasteiger partial charge in [-0.05, 0) is 63.9 Å². The lowest BCUT2D eigenvalue weighted by Gasteiger charge is -2.34. The predicted octanol–water partition coefficient (Wildman–Crippen LogP) is 3.44. The highest BCUT2D eigenvalue weighted by Gasteiger charge is 2.27. The summed E-state index contributed by atoms with van der Waals surface area (Å²) in [6.07, 6.45) is 1.72. The predicted molar refractivity (Wildman–Crippen MR) is 96.1 cm³/mol. The molecule has 0 radical (unpaired) electrons. The van der Waals surface area contributed by atoms with Gasteiger partial charge in [0.05, 0.1) is 0 Å². The van der Waals surface area contributed by atoms with Gasteiger partial charge in [-0.3, -0.25) is 4.90 Å². The Morgan fingerprint density at radius 1 is 1.17 bits per heavy atom. The average molecular weight is 331 g/mol. The van der Waals surface area contributed by atoms with E-state index in [0.29, 0.717) is 6.04 Å². The number of amides is 1. The first-order valence-electron chi connectivity index (χ1n) is 8.85. The van der Waals surface area contributed by atoms with Crippen molar-refractivity contribution < 1.29 is 9.53 Å². The number of likely N-dealkylation sites (tertiary alicyclic amines) is 1. The molecule has 1 aromatic carbocycles. The number of hydrogen-bond acceptors (Lipinski definition) is 4. The third-order valence-corrected chi connectivity index (χ3v) is 4.60. The quantitative estimate of drug-likeness (QED) is 0.901. The molecule has 2 aliphatic heterocycles. The molecule has 1 N–H and O–H groups in total. The lowest BCUT2D eigenvalue weighted by Crippen LogP contribution is -2.44. The van der Waals surface area contributed by atoms with Crippen LogP contribution in [0, 0.1) is 0 Å². The molecule has 1 amide bonds. The van der Waals surface area contributed by atoms with Crippen molar-refractivity contribution in [1.29, 1.82) is 0 Å². The monoisotopic (exact) mass is 331 g/mol. The summed E-state index contributed by atoms with van der Waals surface area (Å²) in [4.78, 5) is 16.3.